The molecular weight excluding hydrogens is 260 g/mol. The first-order valence-electron chi connectivity index (χ1n) is 6.04. The molecule has 0 aliphatic carbocycles. The van der Waals surface area contributed by atoms with Crippen molar-refractivity contribution in [3.8, 4) is 5.75 Å². The molecule has 104 valence electrons. The van der Waals surface area contributed by atoms with E-state index >= 15 is 0 Å². The Hall–Kier alpha value is -2.63. The zero-order chi connectivity index (χ0) is 14.5. The number of carboxylic acid groups (broad SMARTS) is 1. The van der Waals surface area contributed by atoms with Crippen LogP contribution in [0.1, 0.15) is 6.92 Å². The Labute approximate surface area is 115 Å². The summed E-state index contributed by atoms with van der Waals surface area (Å²) in [7, 11) is 0. The lowest BCUT2D eigenvalue weighted by atomic mass is 10.2. The molecule has 20 heavy (non-hydrogen) atoms. The summed E-state index contributed by atoms with van der Waals surface area (Å²) in [6.07, 6.45) is 1.67. The monoisotopic (exact) mass is 274 g/mol. The van der Waals surface area contributed by atoms with Crippen molar-refractivity contribution in [1.82, 2.24) is 10.3 Å². The number of nitrogens with one attached hydrogen (secondary N) is 1. The van der Waals surface area contributed by atoms with Gasteiger partial charge in [0, 0.05) is 18.5 Å². The maximum atomic E-state index is 11.0. The third kappa shape index (κ3) is 3.23. The van der Waals surface area contributed by atoms with Gasteiger partial charge in [0.05, 0.1) is 5.52 Å². The van der Waals surface area contributed by atoms with Gasteiger partial charge in [0.15, 0.2) is 6.04 Å². The molecule has 0 aliphatic rings. The van der Waals surface area contributed by atoms with Crippen molar-refractivity contribution in [1.29, 1.82) is 0 Å². The summed E-state index contributed by atoms with van der Waals surface area (Å²) in [6, 6.07) is 7.88. The number of carbonyl (C=O) groups is 2. The highest BCUT2D eigenvalue weighted by Gasteiger charge is 2.19. The number of pyridine rings is 1. The molecule has 0 spiro atoms. The van der Waals surface area contributed by atoms with E-state index in [1.807, 2.05) is 12.1 Å². The highest BCUT2D eigenvalue weighted by Crippen LogP contribution is 2.23. The molecule has 1 unspecified atom stereocenters. The molecule has 0 saturated carbocycles. The van der Waals surface area contributed by atoms with Crippen LogP contribution < -0.4 is 10.1 Å². The number of carboxylic acids is 1. The Morgan fingerprint density at radius 3 is 2.85 bits per heavy atom. The SMILES string of the molecule is CC(=O)NC(COc1cccc2ncccc12)C(=O)O. The summed E-state index contributed by atoms with van der Waals surface area (Å²) < 4.78 is 5.51. The maximum absolute atomic E-state index is 11.0. The minimum atomic E-state index is -1.14. The highest BCUT2D eigenvalue weighted by molar-refractivity contribution is 5.85. The number of carbonyl (C=O) groups excluding carboxylic acids is 1. The number of rotatable bonds is 5. The van der Waals surface area contributed by atoms with Gasteiger partial charge in [-0.15, -0.1) is 0 Å². The number of aliphatic carboxylic acids is 1. The fourth-order valence-corrected chi connectivity index (χ4v) is 1.79. The van der Waals surface area contributed by atoms with Crippen LogP contribution in [0.2, 0.25) is 0 Å². The zero-order valence-corrected chi connectivity index (χ0v) is 10.9. The van der Waals surface area contributed by atoms with Crippen LogP contribution in [0.25, 0.3) is 10.9 Å². The third-order valence-electron chi connectivity index (χ3n) is 2.69. The third-order valence-corrected chi connectivity index (χ3v) is 2.69. The average molecular weight is 274 g/mol. The summed E-state index contributed by atoms with van der Waals surface area (Å²) in [5, 5.41) is 12.1. The molecule has 0 radical (unpaired) electrons. The molecule has 1 aromatic heterocycles. The van der Waals surface area contributed by atoms with Crippen LogP contribution in [0.5, 0.6) is 5.75 Å². The lowest BCUT2D eigenvalue weighted by Crippen LogP contribution is -2.43. The van der Waals surface area contributed by atoms with Crippen LogP contribution in [-0.2, 0) is 9.59 Å². The molecule has 2 aromatic rings. The van der Waals surface area contributed by atoms with Crippen molar-refractivity contribution >= 4 is 22.8 Å². The van der Waals surface area contributed by atoms with Gasteiger partial charge in [-0.05, 0) is 24.3 Å². The van der Waals surface area contributed by atoms with Gasteiger partial charge in [0.2, 0.25) is 5.91 Å². The predicted octanol–water partition coefficient (Wildman–Crippen LogP) is 1.20. The number of aromatic nitrogens is 1. The Balaban J connectivity index is 2.15. The molecule has 0 saturated heterocycles. The quantitative estimate of drug-likeness (QED) is 0.855. The molecule has 0 aliphatic heterocycles. The smallest absolute Gasteiger partial charge is 0.329 e. The number of fused-ring (bicyclic) bond motifs is 1. The lowest BCUT2D eigenvalue weighted by molar-refractivity contribution is -0.142. The van der Waals surface area contributed by atoms with Gasteiger partial charge >= 0.3 is 5.97 Å². The van der Waals surface area contributed by atoms with Crippen LogP contribution in [0.15, 0.2) is 36.5 Å². The average Bonchev–Trinajstić information content (AvgIpc) is 2.42. The molecule has 1 heterocycles. The number of amides is 1. The number of nitrogens with zero attached hydrogens (tertiary/aromatic N) is 1. The molecule has 1 aromatic carbocycles. The van der Waals surface area contributed by atoms with E-state index in [4.69, 9.17) is 9.84 Å². The Morgan fingerprint density at radius 1 is 1.35 bits per heavy atom. The Morgan fingerprint density at radius 2 is 2.15 bits per heavy atom. The zero-order valence-electron chi connectivity index (χ0n) is 10.9. The summed E-state index contributed by atoms with van der Waals surface area (Å²) in [5.41, 5.74) is 0.761. The van der Waals surface area contributed by atoms with Gasteiger partial charge in [-0.2, -0.15) is 0 Å². The minimum absolute atomic E-state index is 0.150. The number of ether oxygens (including phenoxy) is 1. The van der Waals surface area contributed by atoms with Crippen LogP contribution in [0, 0.1) is 0 Å². The second-order valence-electron chi connectivity index (χ2n) is 4.23. The first-order chi connectivity index (χ1) is 9.58. The number of benzene rings is 1. The van der Waals surface area contributed by atoms with Crippen LogP contribution in [-0.4, -0.2) is 34.6 Å². The van der Waals surface area contributed by atoms with E-state index in [0.29, 0.717) is 5.75 Å². The van der Waals surface area contributed by atoms with E-state index in [1.165, 1.54) is 6.92 Å². The molecular formula is C14H14N2O4. The van der Waals surface area contributed by atoms with E-state index in [-0.39, 0.29) is 6.61 Å². The number of hydrogen-bond donors (Lipinski definition) is 2. The molecule has 0 fully saturated rings. The van der Waals surface area contributed by atoms with Gasteiger partial charge in [-0.1, -0.05) is 6.07 Å². The second kappa shape index (κ2) is 6.01. The summed E-state index contributed by atoms with van der Waals surface area (Å²) in [4.78, 5) is 26.1. The first-order valence-corrected chi connectivity index (χ1v) is 6.04. The van der Waals surface area contributed by atoms with Crippen molar-refractivity contribution in [3.63, 3.8) is 0 Å². The summed E-state index contributed by atoms with van der Waals surface area (Å²) in [6.45, 7) is 1.11. The van der Waals surface area contributed by atoms with Gasteiger partial charge in [0.25, 0.3) is 0 Å². The van der Waals surface area contributed by atoms with Gasteiger partial charge < -0.3 is 15.2 Å². The number of hydrogen-bond acceptors (Lipinski definition) is 4. The van der Waals surface area contributed by atoms with Crippen LogP contribution >= 0.6 is 0 Å². The summed E-state index contributed by atoms with van der Waals surface area (Å²) in [5.74, 6) is -1.02. The normalized spacial score (nSPS) is 11.8. The topological polar surface area (TPSA) is 88.5 Å². The summed E-state index contributed by atoms with van der Waals surface area (Å²) >= 11 is 0. The maximum Gasteiger partial charge on any atom is 0.329 e. The highest BCUT2D eigenvalue weighted by atomic mass is 16.5. The standard InChI is InChI=1S/C14H14N2O4/c1-9(17)16-12(14(18)19)8-20-13-6-2-5-11-10(13)4-3-7-15-11/h2-7,12H,8H2,1H3,(H,16,17)(H,18,19). The molecule has 2 N–H and O–H groups in total. The lowest BCUT2D eigenvalue weighted by Gasteiger charge is -2.15. The van der Waals surface area contributed by atoms with E-state index < -0.39 is 17.9 Å². The first kappa shape index (κ1) is 13.8. The van der Waals surface area contributed by atoms with E-state index in [0.717, 1.165) is 10.9 Å². The molecule has 1 amide bonds. The Bertz CT molecular complexity index is 637. The van der Waals surface area contributed by atoms with Crippen molar-refractivity contribution in [2.24, 2.45) is 0 Å². The van der Waals surface area contributed by atoms with Crippen LogP contribution in [0.4, 0.5) is 0 Å². The van der Waals surface area contributed by atoms with Crippen molar-refractivity contribution < 1.29 is 19.4 Å². The van der Waals surface area contributed by atoms with Crippen molar-refractivity contribution in [3.05, 3.63) is 36.5 Å². The van der Waals surface area contributed by atoms with E-state index in [9.17, 15) is 9.59 Å². The predicted molar refractivity (Wildman–Crippen MR) is 72.5 cm³/mol. The molecule has 0 bridgehead atoms. The fraction of sp³-hybridized carbons (Fsp3) is 0.214. The van der Waals surface area contributed by atoms with Gasteiger partial charge in [-0.3, -0.25) is 9.78 Å². The van der Waals surface area contributed by atoms with Gasteiger partial charge in [0.1, 0.15) is 12.4 Å². The fourth-order valence-electron chi connectivity index (χ4n) is 1.79. The second-order valence-corrected chi connectivity index (χ2v) is 4.23. The molecule has 6 nitrogen and oxygen atoms in total. The van der Waals surface area contributed by atoms with Crippen molar-refractivity contribution in [2.75, 3.05) is 6.61 Å². The molecule has 6 heteroatoms. The van der Waals surface area contributed by atoms with Crippen LogP contribution in [0.3, 0.4) is 0 Å². The van der Waals surface area contributed by atoms with E-state index in [1.54, 1.807) is 24.4 Å². The molecule has 1 atom stereocenters. The minimum Gasteiger partial charge on any atom is -0.490 e. The molecule has 2 rings (SSSR count). The van der Waals surface area contributed by atoms with Gasteiger partial charge in [-0.25, -0.2) is 4.79 Å². The Kier molecular flexibility index (Phi) is 4.14. The largest absolute Gasteiger partial charge is 0.490 e. The van der Waals surface area contributed by atoms with Crippen molar-refractivity contribution in [2.45, 2.75) is 13.0 Å². The van der Waals surface area contributed by atoms with E-state index in [2.05, 4.69) is 10.3 Å².